The van der Waals surface area contributed by atoms with E-state index < -0.39 is 0 Å². The number of fused-ring (bicyclic) bond motifs is 1. The van der Waals surface area contributed by atoms with Crippen molar-refractivity contribution in [3.05, 3.63) is 42.7 Å². The number of aromatic amines is 1. The second-order valence-electron chi connectivity index (χ2n) is 2.40. The monoisotopic (exact) mass is 148 g/mol. The minimum atomic E-state index is 0.610. The molecule has 0 unspecified atom stereocenters. The molecule has 1 aromatic carbocycles. The quantitative estimate of drug-likeness (QED) is 0.639. The third-order valence-corrected chi connectivity index (χ3v) is 1.74. The van der Waals surface area contributed by atoms with Crippen LogP contribution in [0.4, 0.5) is 4.39 Å². The summed E-state index contributed by atoms with van der Waals surface area (Å²) in [5, 5.41) is 0.926. The van der Waals surface area contributed by atoms with E-state index in [0.29, 0.717) is 12.2 Å². The fourth-order valence-corrected chi connectivity index (χ4v) is 1.18. The van der Waals surface area contributed by atoms with Gasteiger partial charge in [0.25, 0.3) is 0 Å². The first kappa shape index (κ1) is 6.40. The maximum Gasteiger partial charge on any atom is 0.163 e. The Balaban J connectivity index is 2.76. The summed E-state index contributed by atoms with van der Waals surface area (Å²) < 4.78 is 12.1. The zero-order valence-corrected chi connectivity index (χ0v) is 5.84. The highest BCUT2D eigenvalue weighted by Gasteiger charge is 2.00. The van der Waals surface area contributed by atoms with Gasteiger partial charge in [-0.3, -0.25) is 0 Å². The van der Waals surface area contributed by atoms with Crippen LogP contribution in [0.3, 0.4) is 0 Å². The van der Waals surface area contributed by atoms with Crippen LogP contribution in [0.15, 0.2) is 30.5 Å². The van der Waals surface area contributed by atoms with Crippen LogP contribution in [0.1, 0.15) is 5.56 Å². The van der Waals surface area contributed by atoms with Crippen LogP contribution < -0.4 is 0 Å². The second-order valence-corrected chi connectivity index (χ2v) is 2.40. The van der Waals surface area contributed by atoms with Crippen LogP contribution in [0.5, 0.6) is 0 Å². The third kappa shape index (κ3) is 0.909. The largest absolute Gasteiger partial charge is 0.361 e. The van der Waals surface area contributed by atoms with Gasteiger partial charge >= 0.3 is 0 Å². The van der Waals surface area contributed by atoms with Crippen molar-refractivity contribution in [2.75, 3.05) is 0 Å². The van der Waals surface area contributed by atoms with Crippen molar-refractivity contribution in [1.29, 1.82) is 0 Å². The normalized spacial score (nSPS) is 10.6. The number of H-pyrrole nitrogens is 1. The smallest absolute Gasteiger partial charge is 0.163 e. The Hall–Kier alpha value is -1.31. The van der Waals surface area contributed by atoms with Crippen LogP contribution >= 0.6 is 0 Å². The molecule has 1 N–H and O–H groups in total. The van der Waals surface area contributed by atoms with Crippen LogP contribution in [0, 0.1) is 6.67 Å². The molecule has 1 aromatic heterocycles. The van der Waals surface area contributed by atoms with E-state index >= 15 is 0 Å². The molecular weight excluding hydrogens is 141 g/mol. The summed E-state index contributed by atoms with van der Waals surface area (Å²) in [6.07, 6.45) is 1.66. The van der Waals surface area contributed by atoms with E-state index in [-0.39, 0.29) is 0 Å². The van der Waals surface area contributed by atoms with Gasteiger partial charge in [0.05, 0.1) is 0 Å². The molecule has 0 saturated carbocycles. The highest BCUT2D eigenvalue weighted by molar-refractivity contribution is 5.83. The van der Waals surface area contributed by atoms with E-state index in [1.165, 1.54) is 0 Å². The summed E-state index contributed by atoms with van der Waals surface area (Å²) in [6, 6.07) is 7.61. The van der Waals surface area contributed by atoms with E-state index in [4.69, 9.17) is 0 Å². The SMILES string of the molecule is F[CH]c1c[nH]c2ccccc12. The Labute approximate surface area is 63.9 Å². The third-order valence-electron chi connectivity index (χ3n) is 1.74. The average Bonchev–Trinajstić information content (AvgIpc) is 2.47. The van der Waals surface area contributed by atoms with E-state index in [0.717, 1.165) is 10.9 Å². The van der Waals surface area contributed by atoms with Crippen molar-refractivity contribution in [2.24, 2.45) is 0 Å². The predicted molar refractivity (Wildman–Crippen MR) is 42.8 cm³/mol. The summed E-state index contributed by atoms with van der Waals surface area (Å²) in [4.78, 5) is 2.97. The molecule has 0 bridgehead atoms. The standard InChI is InChI=1S/C9H7FN/c10-5-7-6-11-9-4-2-1-3-8(7)9/h1-6,11H. The molecule has 0 aliphatic carbocycles. The Morgan fingerprint density at radius 3 is 2.91 bits per heavy atom. The summed E-state index contributed by atoms with van der Waals surface area (Å²) in [6.45, 7) is 0.610. The van der Waals surface area contributed by atoms with Gasteiger partial charge in [0.15, 0.2) is 6.67 Å². The second kappa shape index (κ2) is 2.38. The Kier molecular flexibility index (Phi) is 1.39. The van der Waals surface area contributed by atoms with Crippen LogP contribution in [-0.2, 0) is 0 Å². The van der Waals surface area contributed by atoms with E-state index in [1.54, 1.807) is 6.20 Å². The van der Waals surface area contributed by atoms with Crippen LogP contribution in [0.25, 0.3) is 10.9 Å². The highest BCUT2D eigenvalue weighted by atomic mass is 19.1. The molecule has 0 spiro atoms. The zero-order chi connectivity index (χ0) is 7.68. The Bertz CT molecular complexity index is 364. The van der Waals surface area contributed by atoms with E-state index in [2.05, 4.69) is 4.98 Å². The molecular formula is C9H7FN. The molecule has 0 aliphatic heterocycles. The van der Waals surface area contributed by atoms with Crippen molar-refractivity contribution < 1.29 is 4.39 Å². The van der Waals surface area contributed by atoms with Crippen LogP contribution in [0.2, 0.25) is 0 Å². The number of nitrogens with one attached hydrogen (secondary N) is 1. The summed E-state index contributed by atoms with van der Waals surface area (Å²) in [7, 11) is 0. The molecule has 2 aromatic rings. The van der Waals surface area contributed by atoms with Crippen molar-refractivity contribution >= 4 is 10.9 Å². The molecule has 1 radical (unpaired) electrons. The van der Waals surface area contributed by atoms with E-state index in [9.17, 15) is 4.39 Å². The van der Waals surface area contributed by atoms with E-state index in [1.807, 2.05) is 24.3 Å². The molecule has 0 saturated heterocycles. The molecule has 2 heteroatoms. The Morgan fingerprint density at radius 1 is 1.27 bits per heavy atom. The number of para-hydroxylation sites is 1. The first-order chi connectivity index (χ1) is 5.42. The van der Waals surface area contributed by atoms with Crippen molar-refractivity contribution in [1.82, 2.24) is 4.98 Å². The van der Waals surface area contributed by atoms with Gasteiger partial charge in [-0.1, -0.05) is 18.2 Å². The molecule has 0 fully saturated rings. The minimum absolute atomic E-state index is 0.610. The van der Waals surface area contributed by atoms with Crippen molar-refractivity contribution in [3.8, 4) is 0 Å². The molecule has 2 rings (SSSR count). The lowest BCUT2D eigenvalue weighted by Crippen LogP contribution is -1.69. The first-order valence-corrected chi connectivity index (χ1v) is 3.41. The van der Waals surface area contributed by atoms with Gasteiger partial charge < -0.3 is 4.98 Å². The first-order valence-electron chi connectivity index (χ1n) is 3.41. The van der Waals surface area contributed by atoms with Gasteiger partial charge in [0, 0.05) is 22.7 Å². The van der Waals surface area contributed by atoms with Gasteiger partial charge in [-0.05, 0) is 6.07 Å². The number of hydrogen-bond donors (Lipinski definition) is 1. The number of aromatic nitrogens is 1. The van der Waals surface area contributed by atoms with Crippen molar-refractivity contribution in [3.63, 3.8) is 0 Å². The number of hydrogen-bond acceptors (Lipinski definition) is 0. The maximum absolute atomic E-state index is 12.1. The van der Waals surface area contributed by atoms with Gasteiger partial charge in [-0.15, -0.1) is 0 Å². The number of rotatable bonds is 1. The molecule has 1 heterocycles. The molecule has 0 atom stereocenters. The molecule has 0 aliphatic rings. The number of halogens is 1. The number of benzene rings is 1. The molecule has 11 heavy (non-hydrogen) atoms. The summed E-state index contributed by atoms with van der Waals surface area (Å²) in [5.74, 6) is 0. The average molecular weight is 148 g/mol. The zero-order valence-electron chi connectivity index (χ0n) is 5.84. The predicted octanol–water partition coefficient (Wildman–Crippen LogP) is 2.65. The van der Waals surface area contributed by atoms with Gasteiger partial charge in [-0.2, -0.15) is 0 Å². The summed E-state index contributed by atoms with van der Waals surface area (Å²) >= 11 is 0. The summed E-state index contributed by atoms with van der Waals surface area (Å²) in [5.41, 5.74) is 1.58. The van der Waals surface area contributed by atoms with Gasteiger partial charge in [-0.25, -0.2) is 4.39 Å². The minimum Gasteiger partial charge on any atom is -0.361 e. The fraction of sp³-hybridized carbons (Fsp3) is 0. The topological polar surface area (TPSA) is 15.8 Å². The maximum atomic E-state index is 12.1. The lowest BCUT2D eigenvalue weighted by Gasteiger charge is -1.88. The van der Waals surface area contributed by atoms with Gasteiger partial charge in [0.2, 0.25) is 0 Å². The van der Waals surface area contributed by atoms with Crippen LogP contribution in [-0.4, -0.2) is 4.98 Å². The Morgan fingerprint density at radius 2 is 2.09 bits per heavy atom. The molecule has 1 nitrogen and oxygen atoms in total. The van der Waals surface area contributed by atoms with Crippen molar-refractivity contribution in [2.45, 2.75) is 0 Å². The lowest BCUT2D eigenvalue weighted by molar-refractivity contribution is 0.648. The molecule has 55 valence electrons. The fourth-order valence-electron chi connectivity index (χ4n) is 1.18. The molecule has 0 amide bonds. The van der Waals surface area contributed by atoms with Gasteiger partial charge in [0.1, 0.15) is 0 Å². The lowest BCUT2D eigenvalue weighted by atomic mass is 10.2. The highest BCUT2D eigenvalue weighted by Crippen LogP contribution is 2.18.